The second-order valence-electron chi connectivity index (χ2n) is 0.925. The van der Waals surface area contributed by atoms with Crippen LogP contribution >= 0.6 is 0 Å². The zero-order chi connectivity index (χ0) is 6.99. The average Bonchev–Trinajstić information content (AvgIpc) is 1.72. The van der Waals surface area contributed by atoms with E-state index in [9.17, 15) is 4.79 Å². The second-order valence-corrected chi connectivity index (χ2v) is 0.925. The smallest absolute Gasteiger partial charge is 0.302 e. The molecule has 56 valence electrons. The minimum Gasteiger partial charge on any atom is -0.466 e. The molecule has 0 aliphatic rings. The molecule has 9 heavy (non-hydrogen) atoms. The minimum atomic E-state index is -0.211. The molecule has 0 fully saturated rings. The third-order valence-electron chi connectivity index (χ3n) is 0.348. The topological polar surface area (TPSA) is 26.3 Å². The van der Waals surface area contributed by atoms with Gasteiger partial charge in [-0.1, -0.05) is 7.43 Å². The normalized spacial score (nSPS) is 5.56. The van der Waals surface area contributed by atoms with Crippen LogP contribution in [0.4, 0.5) is 0 Å². The Balaban J connectivity index is -0.000000109. The van der Waals surface area contributed by atoms with E-state index in [2.05, 4.69) is 17.9 Å². The fourth-order valence-electron chi connectivity index (χ4n) is 0.203. The van der Waals surface area contributed by atoms with Crippen LogP contribution in [0.1, 0.15) is 21.3 Å². The van der Waals surface area contributed by atoms with Crippen LogP contribution in [0.5, 0.6) is 0 Å². The summed E-state index contributed by atoms with van der Waals surface area (Å²) < 4.78 is 4.40. The standard InChI is InChI=1S/C4H8O2.C2H4.CH4/c1-3-6-4(2)5;1-2;/h3H2,1-2H3;1-2H2;1H4. The lowest BCUT2D eigenvalue weighted by atomic mass is 10.8. The fourth-order valence-corrected chi connectivity index (χ4v) is 0.203. The zero-order valence-electron chi connectivity index (χ0n) is 5.44. The lowest BCUT2D eigenvalue weighted by Gasteiger charge is -1.89. The number of carbonyl (C=O) groups excluding carboxylic acids is 1. The van der Waals surface area contributed by atoms with Crippen molar-refractivity contribution >= 4 is 5.97 Å². The lowest BCUT2D eigenvalue weighted by molar-refractivity contribution is -0.140. The highest BCUT2D eigenvalue weighted by molar-refractivity contribution is 5.65. The largest absolute Gasteiger partial charge is 0.466 e. The molecule has 0 radical (unpaired) electrons. The van der Waals surface area contributed by atoms with Crippen LogP contribution < -0.4 is 0 Å². The van der Waals surface area contributed by atoms with Gasteiger partial charge in [-0.05, 0) is 6.92 Å². The summed E-state index contributed by atoms with van der Waals surface area (Å²) in [4.78, 5) is 9.82. The van der Waals surface area contributed by atoms with E-state index in [1.54, 1.807) is 6.92 Å². The number of hydrogen-bond donors (Lipinski definition) is 0. The summed E-state index contributed by atoms with van der Waals surface area (Å²) in [5.41, 5.74) is 0. The Labute approximate surface area is 57.5 Å². The molecule has 0 rings (SSSR count). The summed E-state index contributed by atoms with van der Waals surface area (Å²) in [5, 5.41) is 0. The van der Waals surface area contributed by atoms with Crippen molar-refractivity contribution in [3.8, 4) is 0 Å². The number of carbonyl (C=O) groups is 1. The molecule has 2 nitrogen and oxygen atoms in total. The number of rotatable bonds is 1. The maximum absolute atomic E-state index is 9.82. The predicted octanol–water partition coefficient (Wildman–Crippen LogP) is 2.01. The van der Waals surface area contributed by atoms with Gasteiger partial charge in [0.25, 0.3) is 0 Å². The van der Waals surface area contributed by atoms with Gasteiger partial charge in [0.1, 0.15) is 0 Å². The SMILES string of the molecule is C.C=C.CCOC(C)=O. The van der Waals surface area contributed by atoms with Crippen LogP contribution in [0.2, 0.25) is 0 Å². The second kappa shape index (κ2) is 15.7. The summed E-state index contributed by atoms with van der Waals surface area (Å²) in [6.45, 7) is 9.65. The molecule has 2 heteroatoms. The van der Waals surface area contributed by atoms with Gasteiger partial charge in [-0.15, -0.1) is 13.2 Å². The van der Waals surface area contributed by atoms with Gasteiger partial charge in [-0.3, -0.25) is 4.79 Å². The molecular formula is C7H16O2. The van der Waals surface area contributed by atoms with Crippen LogP contribution in [0.25, 0.3) is 0 Å². The van der Waals surface area contributed by atoms with Gasteiger partial charge >= 0.3 is 5.97 Å². The Morgan fingerprint density at radius 1 is 1.56 bits per heavy atom. The van der Waals surface area contributed by atoms with E-state index < -0.39 is 0 Å². The molecule has 0 aliphatic heterocycles. The first kappa shape index (κ1) is 15.7. The lowest BCUT2D eigenvalue weighted by Crippen LogP contribution is -1.95. The van der Waals surface area contributed by atoms with E-state index in [0.29, 0.717) is 6.61 Å². The summed E-state index contributed by atoms with van der Waals surface area (Å²) in [5.74, 6) is -0.211. The van der Waals surface area contributed by atoms with E-state index in [0.717, 1.165) is 0 Å². The van der Waals surface area contributed by atoms with Crippen LogP contribution in [-0.4, -0.2) is 12.6 Å². The molecule has 0 bridgehead atoms. The van der Waals surface area contributed by atoms with Crippen molar-refractivity contribution in [3.05, 3.63) is 13.2 Å². The molecule has 0 aliphatic carbocycles. The fraction of sp³-hybridized carbons (Fsp3) is 0.571. The third kappa shape index (κ3) is 40.1. The number of hydrogen-bond acceptors (Lipinski definition) is 2. The van der Waals surface area contributed by atoms with Crippen molar-refractivity contribution in [1.82, 2.24) is 0 Å². The first-order valence-electron chi connectivity index (χ1n) is 2.40. The first-order chi connectivity index (χ1) is 3.77. The van der Waals surface area contributed by atoms with Gasteiger partial charge < -0.3 is 4.74 Å². The van der Waals surface area contributed by atoms with Gasteiger partial charge in [0.15, 0.2) is 0 Å². The molecule has 0 spiro atoms. The minimum absolute atomic E-state index is 0. The van der Waals surface area contributed by atoms with Gasteiger partial charge in [0, 0.05) is 6.92 Å². The van der Waals surface area contributed by atoms with Gasteiger partial charge in [0.2, 0.25) is 0 Å². The van der Waals surface area contributed by atoms with Gasteiger partial charge in [-0.2, -0.15) is 0 Å². The van der Waals surface area contributed by atoms with Crippen molar-refractivity contribution < 1.29 is 9.53 Å². The predicted molar refractivity (Wildman–Crippen MR) is 40.3 cm³/mol. The highest BCUT2D eigenvalue weighted by Crippen LogP contribution is 1.69. The molecule has 0 saturated heterocycles. The Morgan fingerprint density at radius 3 is 1.89 bits per heavy atom. The summed E-state index contributed by atoms with van der Waals surface area (Å²) in [6.07, 6.45) is 0. The summed E-state index contributed by atoms with van der Waals surface area (Å²) in [6, 6.07) is 0. The van der Waals surface area contributed by atoms with E-state index >= 15 is 0 Å². The highest BCUT2D eigenvalue weighted by atomic mass is 16.5. The highest BCUT2D eigenvalue weighted by Gasteiger charge is 1.81. The van der Waals surface area contributed by atoms with E-state index in [4.69, 9.17) is 0 Å². The maximum Gasteiger partial charge on any atom is 0.302 e. The Hall–Kier alpha value is -0.790. The molecular weight excluding hydrogens is 116 g/mol. The molecule has 0 atom stereocenters. The summed E-state index contributed by atoms with van der Waals surface area (Å²) in [7, 11) is 0. The molecule has 0 aromatic heterocycles. The monoisotopic (exact) mass is 132 g/mol. The van der Waals surface area contributed by atoms with Crippen molar-refractivity contribution in [2.75, 3.05) is 6.61 Å². The molecule has 0 amide bonds. The van der Waals surface area contributed by atoms with Crippen molar-refractivity contribution in [2.45, 2.75) is 21.3 Å². The van der Waals surface area contributed by atoms with Crippen molar-refractivity contribution in [2.24, 2.45) is 0 Å². The van der Waals surface area contributed by atoms with E-state index in [1.165, 1.54) is 6.92 Å². The Morgan fingerprint density at radius 2 is 1.89 bits per heavy atom. The van der Waals surface area contributed by atoms with Gasteiger partial charge in [-0.25, -0.2) is 0 Å². The molecule has 0 heterocycles. The number of ether oxygens (including phenoxy) is 1. The van der Waals surface area contributed by atoms with Crippen LogP contribution in [-0.2, 0) is 9.53 Å². The first-order valence-corrected chi connectivity index (χ1v) is 2.40. The quantitative estimate of drug-likeness (QED) is 0.403. The third-order valence-corrected chi connectivity index (χ3v) is 0.348. The van der Waals surface area contributed by atoms with E-state index in [-0.39, 0.29) is 13.4 Å². The van der Waals surface area contributed by atoms with Gasteiger partial charge in [0.05, 0.1) is 6.61 Å². The maximum atomic E-state index is 9.82. The van der Waals surface area contributed by atoms with E-state index in [1.807, 2.05) is 0 Å². The van der Waals surface area contributed by atoms with Crippen LogP contribution in [0, 0.1) is 0 Å². The molecule has 0 aromatic carbocycles. The zero-order valence-corrected chi connectivity index (χ0v) is 5.44. The van der Waals surface area contributed by atoms with Crippen LogP contribution in [0.3, 0.4) is 0 Å². The average molecular weight is 132 g/mol. The Bertz CT molecular complexity index is 59.9. The summed E-state index contributed by atoms with van der Waals surface area (Å²) >= 11 is 0. The van der Waals surface area contributed by atoms with Crippen molar-refractivity contribution in [3.63, 3.8) is 0 Å². The van der Waals surface area contributed by atoms with Crippen LogP contribution in [0.15, 0.2) is 13.2 Å². The molecule has 0 unspecified atom stereocenters. The number of esters is 1. The molecule has 0 aromatic rings. The Kier molecular flexibility index (Phi) is 27.4. The van der Waals surface area contributed by atoms with Crippen molar-refractivity contribution in [1.29, 1.82) is 0 Å². The molecule has 0 N–H and O–H groups in total. The molecule has 0 saturated carbocycles.